The Morgan fingerprint density at radius 3 is 2.64 bits per heavy atom. The normalized spacial score (nSPS) is 10.3. The first-order valence-corrected chi connectivity index (χ1v) is 6.77. The lowest BCUT2D eigenvalue weighted by atomic mass is 10.1. The molecule has 8 nitrogen and oxygen atoms in total. The van der Waals surface area contributed by atoms with Gasteiger partial charge < -0.3 is 19.9 Å². The van der Waals surface area contributed by atoms with Gasteiger partial charge >= 0.3 is 5.97 Å². The van der Waals surface area contributed by atoms with Gasteiger partial charge in [-0.15, -0.1) is 0 Å². The lowest BCUT2D eigenvalue weighted by molar-refractivity contribution is 0.0527. The lowest BCUT2D eigenvalue weighted by Crippen LogP contribution is -2.12. The maximum Gasteiger partial charge on any atom is 0.340 e. The maximum absolute atomic E-state index is 11.8. The third kappa shape index (κ3) is 3.66. The van der Waals surface area contributed by atoms with Crippen molar-refractivity contribution in [1.82, 2.24) is 15.0 Å². The van der Waals surface area contributed by atoms with Crippen molar-refractivity contribution in [3.05, 3.63) is 30.1 Å². The highest BCUT2D eigenvalue weighted by molar-refractivity contribution is 5.96. The third-order valence-electron chi connectivity index (χ3n) is 2.85. The van der Waals surface area contributed by atoms with Gasteiger partial charge in [-0.3, -0.25) is 0 Å². The molecule has 0 atom stereocenters. The summed E-state index contributed by atoms with van der Waals surface area (Å²) in [6.45, 7) is 2.82. The molecule has 0 radical (unpaired) electrons. The fourth-order valence-corrected chi connectivity index (χ4v) is 1.83. The summed E-state index contributed by atoms with van der Waals surface area (Å²) in [6.07, 6.45) is 3.18. The van der Waals surface area contributed by atoms with Crippen LogP contribution < -0.4 is 15.2 Å². The number of ether oxygens (including phenoxy) is 3. The van der Waals surface area contributed by atoms with Crippen molar-refractivity contribution in [2.45, 2.75) is 13.5 Å². The smallest absolute Gasteiger partial charge is 0.340 e. The fourth-order valence-electron chi connectivity index (χ4n) is 1.83. The Hall–Kier alpha value is -2.77. The first-order valence-electron chi connectivity index (χ1n) is 6.77. The summed E-state index contributed by atoms with van der Waals surface area (Å²) in [6, 6.07) is 3.05. The molecule has 1 aromatic heterocycles. The molecular formula is C14H18N4O4. The molecule has 0 bridgehead atoms. The van der Waals surface area contributed by atoms with E-state index >= 15 is 0 Å². The average Bonchev–Trinajstić information content (AvgIpc) is 3.01. The van der Waals surface area contributed by atoms with Crippen molar-refractivity contribution < 1.29 is 19.0 Å². The van der Waals surface area contributed by atoms with Gasteiger partial charge in [0.15, 0.2) is 11.5 Å². The number of hydrogen-bond donors (Lipinski definition) is 1. The number of nitrogens with two attached hydrogens (primary N) is 1. The van der Waals surface area contributed by atoms with Gasteiger partial charge in [0.25, 0.3) is 0 Å². The Bertz CT molecular complexity index is 628. The molecule has 0 aliphatic heterocycles. The van der Waals surface area contributed by atoms with Crippen LogP contribution in [0.5, 0.6) is 11.5 Å². The standard InChI is InChI=1S/C14H18N4O4/c1-3-21-14(19)10-8-12(20-2)13(9-11(10)15)22-7-6-18-16-4-5-17-18/h4-5,8-9H,3,6-7,15H2,1-2H3. The van der Waals surface area contributed by atoms with Crippen molar-refractivity contribution in [2.75, 3.05) is 26.1 Å². The Balaban J connectivity index is 2.10. The van der Waals surface area contributed by atoms with E-state index in [-0.39, 0.29) is 17.9 Å². The molecule has 2 aromatic rings. The van der Waals surface area contributed by atoms with Crippen LogP contribution in [-0.4, -0.2) is 41.3 Å². The van der Waals surface area contributed by atoms with Crippen molar-refractivity contribution in [1.29, 1.82) is 0 Å². The fraction of sp³-hybridized carbons (Fsp3) is 0.357. The van der Waals surface area contributed by atoms with E-state index in [2.05, 4.69) is 10.2 Å². The second-order valence-corrected chi connectivity index (χ2v) is 4.28. The number of benzene rings is 1. The number of nitrogen functional groups attached to an aromatic ring is 1. The number of carbonyl (C=O) groups is 1. The van der Waals surface area contributed by atoms with Gasteiger partial charge in [-0.05, 0) is 6.92 Å². The molecule has 0 aliphatic rings. The number of nitrogens with zero attached hydrogens (tertiary/aromatic N) is 3. The number of aromatic nitrogens is 3. The average molecular weight is 306 g/mol. The van der Waals surface area contributed by atoms with Crippen LogP contribution in [0.25, 0.3) is 0 Å². The van der Waals surface area contributed by atoms with Gasteiger partial charge in [0, 0.05) is 12.1 Å². The third-order valence-corrected chi connectivity index (χ3v) is 2.85. The molecule has 22 heavy (non-hydrogen) atoms. The Kier molecular flexibility index (Phi) is 5.18. The minimum Gasteiger partial charge on any atom is -0.493 e. The van der Waals surface area contributed by atoms with E-state index in [9.17, 15) is 4.79 Å². The molecule has 118 valence electrons. The Morgan fingerprint density at radius 1 is 1.27 bits per heavy atom. The molecule has 0 saturated heterocycles. The molecule has 0 amide bonds. The van der Waals surface area contributed by atoms with Crippen LogP contribution in [0.1, 0.15) is 17.3 Å². The highest BCUT2D eigenvalue weighted by atomic mass is 16.5. The highest BCUT2D eigenvalue weighted by Crippen LogP contribution is 2.32. The molecule has 8 heteroatoms. The van der Waals surface area contributed by atoms with E-state index in [1.807, 2.05) is 0 Å². The largest absolute Gasteiger partial charge is 0.493 e. The zero-order chi connectivity index (χ0) is 15.9. The van der Waals surface area contributed by atoms with Gasteiger partial charge in [-0.1, -0.05) is 0 Å². The number of carbonyl (C=O) groups excluding carboxylic acids is 1. The predicted octanol–water partition coefficient (Wildman–Crippen LogP) is 1.12. The second-order valence-electron chi connectivity index (χ2n) is 4.28. The van der Waals surface area contributed by atoms with Gasteiger partial charge in [-0.2, -0.15) is 15.0 Å². The van der Waals surface area contributed by atoms with E-state index in [0.717, 1.165) is 0 Å². The zero-order valence-corrected chi connectivity index (χ0v) is 12.5. The summed E-state index contributed by atoms with van der Waals surface area (Å²) in [5, 5.41) is 7.95. The first kappa shape index (κ1) is 15.6. The van der Waals surface area contributed by atoms with Crippen LogP contribution in [0.2, 0.25) is 0 Å². The SMILES string of the molecule is CCOC(=O)c1cc(OC)c(OCCn2nccn2)cc1N. The zero-order valence-electron chi connectivity index (χ0n) is 12.5. The summed E-state index contributed by atoms with van der Waals surface area (Å²) in [4.78, 5) is 13.3. The van der Waals surface area contributed by atoms with Crippen LogP contribution in [0.15, 0.2) is 24.5 Å². The molecule has 2 N–H and O–H groups in total. The molecule has 0 aliphatic carbocycles. The summed E-state index contributed by atoms with van der Waals surface area (Å²) in [5.41, 5.74) is 6.40. The second kappa shape index (κ2) is 7.30. The predicted molar refractivity (Wildman–Crippen MR) is 78.9 cm³/mol. The summed E-state index contributed by atoms with van der Waals surface area (Å²) in [5.74, 6) is 0.358. The van der Waals surface area contributed by atoms with E-state index in [1.54, 1.807) is 25.4 Å². The highest BCUT2D eigenvalue weighted by Gasteiger charge is 2.16. The summed E-state index contributed by atoms with van der Waals surface area (Å²) >= 11 is 0. The van der Waals surface area contributed by atoms with Crippen LogP contribution in [0.4, 0.5) is 5.69 Å². The van der Waals surface area contributed by atoms with Crippen LogP contribution in [-0.2, 0) is 11.3 Å². The van der Waals surface area contributed by atoms with Gasteiger partial charge in [0.1, 0.15) is 6.61 Å². The van der Waals surface area contributed by atoms with E-state index in [1.165, 1.54) is 18.0 Å². The number of anilines is 1. The van der Waals surface area contributed by atoms with Crippen LogP contribution >= 0.6 is 0 Å². The minimum absolute atomic E-state index is 0.250. The molecule has 0 unspecified atom stereocenters. The van der Waals surface area contributed by atoms with Gasteiger partial charge in [0.2, 0.25) is 0 Å². The van der Waals surface area contributed by atoms with Crippen molar-refractivity contribution in [3.8, 4) is 11.5 Å². The summed E-state index contributed by atoms with van der Waals surface area (Å²) < 4.78 is 15.8. The number of rotatable bonds is 7. The lowest BCUT2D eigenvalue weighted by Gasteiger charge is -2.13. The molecular weight excluding hydrogens is 288 g/mol. The van der Waals surface area contributed by atoms with Gasteiger partial charge in [-0.25, -0.2) is 4.79 Å². The number of hydrogen-bond acceptors (Lipinski definition) is 7. The van der Waals surface area contributed by atoms with Crippen LogP contribution in [0.3, 0.4) is 0 Å². The quantitative estimate of drug-likeness (QED) is 0.604. The van der Waals surface area contributed by atoms with Crippen molar-refractivity contribution in [2.24, 2.45) is 0 Å². The van der Waals surface area contributed by atoms with E-state index in [4.69, 9.17) is 19.9 Å². The molecule has 0 saturated carbocycles. The Labute approximate surface area is 127 Å². The van der Waals surface area contributed by atoms with E-state index < -0.39 is 5.97 Å². The minimum atomic E-state index is -0.495. The molecule has 2 rings (SSSR count). The van der Waals surface area contributed by atoms with Crippen molar-refractivity contribution >= 4 is 11.7 Å². The molecule has 0 spiro atoms. The van der Waals surface area contributed by atoms with E-state index in [0.29, 0.717) is 24.7 Å². The Morgan fingerprint density at radius 2 is 2.00 bits per heavy atom. The number of methoxy groups -OCH3 is 1. The number of esters is 1. The summed E-state index contributed by atoms with van der Waals surface area (Å²) in [7, 11) is 1.49. The molecule has 1 heterocycles. The first-order chi connectivity index (χ1) is 10.7. The molecule has 1 aromatic carbocycles. The monoisotopic (exact) mass is 306 g/mol. The van der Waals surface area contributed by atoms with Crippen molar-refractivity contribution in [3.63, 3.8) is 0 Å². The topological polar surface area (TPSA) is 101 Å². The molecule has 0 fully saturated rings. The van der Waals surface area contributed by atoms with Crippen LogP contribution in [0, 0.1) is 0 Å². The van der Waals surface area contributed by atoms with Gasteiger partial charge in [0.05, 0.1) is 43.9 Å². The maximum atomic E-state index is 11.8.